The Morgan fingerprint density at radius 2 is 1.83 bits per heavy atom. The van der Waals surface area contributed by atoms with Gasteiger partial charge in [-0.2, -0.15) is 0 Å². The highest BCUT2D eigenvalue weighted by Gasteiger charge is 2.13. The smallest absolute Gasteiger partial charge is 0.234 e. The lowest BCUT2D eigenvalue weighted by molar-refractivity contribution is -0.113. The van der Waals surface area contributed by atoms with Crippen LogP contribution in [0, 0.1) is 0 Å². The van der Waals surface area contributed by atoms with Gasteiger partial charge in [0.05, 0.1) is 5.75 Å². The van der Waals surface area contributed by atoms with Crippen molar-refractivity contribution in [3.63, 3.8) is 0 Å². The molecule has 1 N–H and O–H groups in total. The highest BCUT2D eigenvalue weighted by Crippen LogP contribution is 2.36. The van der Waals surface area contributed by atoms with Crippen LogP contribution in [-0.4, -0.2) is 21.6 Å². The van der Waals surface area contributed by atoms with Crippen molar-refractivity contribution in [2.75, 3.05) is 11.1 Å². The van der Waals surface area contributed by atoms with Gasteiger partial charge in [-0.25, -0.2) is 9.97 Å². The number of hydrogen-bond donors (Lipinski definition) is 1. The molecule has 0 aliphatic carbocycles. The van der Waals surface area contributed by atoms with E-state index in [1.54, 1.807) is 17.7 Å². The van der Waals surface area contributed by atoms with Crippen LogP contribution >= 0.6 is 23.1 Å². The van der Waals surface area contributed by atoms with E-state index in [0.717, 1.165) is 36.9 Å². The minimum absolute atomic E-state index is 0.0339. The molecule has 4 nitrogen and oxygen atoms in total. The average molecular weight is 420 g/mol. The van der Waals surface area contributed by atoms with Crippen LogP contribution in [0.3, 0.4) is 0 Å². The summed E-state index contributed by atoms with van der Waals surface area (Å²) in [6.45, 7) is 4.25. The van der Waals surface area contributed by atoms with Crippen LogP contribution in [0.4, 0.5) is 5.69 Å². The van der Waals surface area contributed by atoms with Crippen LogP contribution < -0.4 is 5.32 Å². The fraction of sp³-hybridized carbons (Fsp3) is 0.174. The first-order valence-electron chi connectivity index (χ1n) is 9.43. The second-order valence-corrected chi connectivity index (χ2v) is 8.95. The summed E-state index contributed by atoms with van der Waals surface area (Å²) in [4.78, 5) is 23.5. The molecule has 0 fully saturated rings. The summed E-state index contributed by atoms with van der Waals surface area (Å²) in [6, 6.07) is 20.3. The average Bonchev–Trinajstić information content (AvgIpc) is 3.18. The van der Waals surface area contributed by atoms with E-state index in [4.69, 9.17) is 0 Å². The standard InChI is InChI=1S/C23H21N3OS2/c1-15(2)17-10-6-7-11-19(17)26-21(27)13-28-22-18-12-20(16-8-4-3-5-9-16)29-23(18)25-14-24-22/h3-12,14-15H,13H2,1-2H3,(H,26,27). The molecule has 2 heterocycles. The summed E-state index contributed by atoms with van der Waals surface area (Å²) in [7, 11) is 0. The highest BCUT2D eigenvalue weighted by molar-refractivity contribution is 8.00. The van der Waals surface area contributed by atoms with E-state index < -0.39 is 0 Å². The molecular weight excluding hydrogens is 398 g/mol. The number of anilines is 1. The zero-order valence-corrected chi connectivity index (χ0v) is 17.9. The fourth-order valence-corrected chi connectivity index (χ4v) is 4.97. The molecule has 0 saturated carbocycles. The molecule has 2 aromatic heterocycles. The highest BCUT2D eigenvalue weighted by atomic mass is 32.2. The number of rotatable bonds is 6. The molecule has 0 atom stereocenters. The van der Waals surface area contributed by atoms with E-state index in [-0.39, 0.29) is 5.91 Å². The van der Waals surface area contributed by atoms with Crippen LogP contribution in [0.1, 0.15) is 25.3 Å². The molecule has 0 radical (unpaired) electrons. The summed E-state index contributed by atoms with van der Waals surface area (Å²) < 4.78 is 0. The molecule has 4 aromatic rings. The third-order valence-electron chi connectivity index (χ3n) is 4.55. The summed E-state index contributed by atoms with van der Waals surface area (Å²) in [5.41, 5.74) is 3.18. The number of thiophene rings is 1. The number of benzene rings is 2. The number of nitrogens with zero attached hydrogens (tertiary/aromatic N) is 2. The van der Waals surface area contributed by atoms with Gasteiger partial charge in [0, 0.05) is 16.0 Å². The lowest BCUT2D eigenvalue weighted by atomic mass is 10.0. The third kappa shape index (κ3) is 4.49. The zero-order valence-electron chi connectivity index (χ0n) is 16.3. The van der Waals surface area contributed by atoms with Gasteiger partial charge in [0.1, 0.15) is 16.2 Å². The SMILES string of the molecule is CC(C)c1ccccc1NC(=O)CSc1ncnc2sc(-c3ccccc3)cc12. The van der Waals surface area contributed by atoms with E-state index in [9.17, 15) is 4.79 Å². The molecule has 0 aliphatic rings. The van der Waals surface area contributed by atoms with E-state index in [1.807, 2.05) is 36.4 Å². The number of carbonyl (C=O) groups is 1. The maximum Gasteiger partial charge on any atom is 0.234 e. The minimum atomic E-state index is -0.0339. The lowest BCUT2D eigenvalue weighted by Crippen LogP contribution is -2.15. The number of aromatic nitrogens is 2. The normalized spacial score (nSPS) is 11.1. The quantitative estimate of drug-likeness (QED) is 0.298. The zero-order chi connectivity index (χ0) is 20.2. The molecular formula is C23H21N3OS2. The Kier molecular flexibility index (Phi) is 5.92. The van der Waals surface area contributed by atoms with Crippen molar-refractivity contribution in [2.45, 2.75) is 24.8 Å². The number of nitrogens with one attached hydrogen (secondary N) is 1. The maximum absolute atomic E-state index is 12.6. The number of carbonyl (C=O) groups excluding carboxylic acids is 1. The van der Waals surface area contributed by atoms with Crippen molar-refractivity contribution < 1.29 is 4.79 Å². The van der Waals surface area contributed by atoms with Gasteiger partial charge in [-0.05, 0) is 29.2 Å². The Morgan fingerprint density at radius 1 is 1.07 bits per heavy atom. The summed E-state index contributed by atoms with van der Waals surface area (Å²) >= 11 is 3.09. The Bertz CT molecular complexity index is 1140. The Morgan fingerprint density at radius 3 is 2.62 bits per heavy atom. The minimum Gasteiger partial charge on any atom is -0.325 e. The molecule has 146 valence electrons. The molecule has 6 heteroatoms. The van der Waals surface area contributed by atoms with Gasteiger partial charge >= 0.3 is 0 Å². The molecule has 29 heavy (non-hydrogen) atoms. The van der Waals surface area contributed by atoms with E-state index >= 15 is 0 Å². The van der Waals surface area contributed by atoms with Gasteiger partial charge in [0.25, 0.3) is 0 Å². The topological polar surface area (TPSA) is 54.9 Å². The first-order valence-corrected chi connectivity index (χ1v) is 11.2. The van der Waals surface area contributed by atoms with Crippen LogP contribution in [0.2, 0.25) is 0 Å². The lowest BCUT2D eigenvalue weighted by Gasteiger charge is -2.13. The van der Waals surface area contributed by atoms with Gasteiger partial charge in [0.2, 0.25) is 5.91 Å². The second kappa shape index (κ2) is 8.76. The van der Waals surface area contributed by atoms with E-state index in [2.05, 4.69) is 53.4 Å². The summed E-state index contributed by atoms with van der Waals surface area (Å²) in [5, 5.41) is 4.87. The monoisotopic (exact) mass is 419 g/mol. The van der Waals surface area contributed by atoms with Crippen molar-refractivity contribution in [2.24, 2.45) is 0 Å². The van der Waals surface area contributed by atoms with Crippen molar-refractivity contribution >= 4 is 44.9 Å². The van der Waals surface area contributed by atoms with Gasteiger partial charge in [-0.1, -0.05) is 74.1 Å². The molecule has 1 amide bonds. The maximum atomic E-state index is 12.6. The Labute approximate surface area is 178 Å². The van der Waals surface area contributed by atoms with E-state index in [1.165, 1.54) is 11.8 Å². The summed E-state index contributed by atoms with van der Waals surface area (Å²) in [5.74, 6) is 0.617. The second-order valence-electron chi connectivity index (χ2n) is 6.95. The molecule has 0 unspecified atom stereocenters. The molecule has 0 saturated heterocycles. The number of amides is 1. The van der Waals surface area contributed by atoms with Gasteiger partial charge < -0.3 is 5.32 Å². The van der Waals surface area contributed by atoms with Gasteiger partial charge in [-0.3, -0.25) is 4.79 Å². The number of hydrogen-bond acceptors (Lipinski definition) is 5. The van der Waals surface area contributed by atoms with E-state index in [0.29, 0.717) is 11.7 Å². The number of thioether (sulfide) groups is 1. The molecule has 4 rings (SSSR count). The first kappa shape index (κ1) is 19.6. The Balaban J connectivity index is 1.50. The van der Waals surface area contributed by atoms with Crippen LogP contribution in [0.15, 0.2) is 72.0 Å². The molecule has 0 spiro atoms. The first-order chi connectivity index (χ1) is 14.1. The van der Waals surface area contributed by atoms with Gasteiger partial charge in [0.15, 0.2) is 0 Å². The fourth-order valence-electron chi connectivity index (χ4n) is 3.13. The largest absolute Gasteiger partial charge is 0.325 e. The van der Waals surface area contributed by atoms with Crippen molar-refractivity contribution in [3.8, 4) is 10.4 Å². The summed E-state index contributed by atoms with van der Waals surface area (Å²) in [6.07, 6.45) is 1.57. The molecule has 0 aliphatic heterocycles. The van der Waals surface area contributed by atoms with Gasteiger partial charge in [-0.15, -0.1) is 11.3 Å². The van der Waals surface area contributed by atoms with Crippen molar-refractivity contribution in [1.29, 1.82) is 0 Å². The molecule has 2 aromatic carbocycles. The van der Waals surface area contributed by atoms with Crippen LogP contribution in [0.5, 0.6) is 0 Å². The number of para-hydroxylation sites is 1. The van der Waals surface area contributed by atoms with Crippen molar-refractivity contribution in [1.82, 2.24) is 9.97 Å². The van der Waals surface area contributed by atoms with Crippen molar-refractivity contribution in [3.05, 3.63) is 72.6 Å². The Hall–Kier alpha value is -2.70. The van der Waals surface area contributed by atoms with Crippen LogP contribution in [0.25, 0.3) is 20.7 Å². The van der Waals surface area contributed by atoms with Crippen LogP contribution in [-0.2, 0) is 4.79 Å². The predicted molar refractivity (Wildman–Crippen MR) is 123 cm³/mol. The third-order valence-corrected chi connectivity index (χ3v) is 6.65. The molecule has 0 bridgehead atoms. The number of fused-ring (bicyclic) bond motifs is 1. The predicted octanol–water partition coefficient (Wildman–Crippen LogP) is 6.21.